The Bertz CT molecular complexity index is 1480. The summed E-state index contributed by atoms with van der Waals surface area (Å²) in [5, 5.41) is 1.18. The van der Waals surface area contributed by atoms with Crippen molar-refractivity contribution in [2.75, 3.05) is 6.61 Å². The van der Waals surface area contributed by atoms with Crippen molar-refractivity contribution < 1.29 is 9.53 Å². The van der Waals surface area contributed by atoms with Crippen molar-refractivity contribution in [3.8, 4) is 11.1 Å². The van der Waals surface area contributed by atoms with Crippen LogP contribution >= 0.6 is 23.2 Å². The van der Waals surface area contributed by atoms with Gasteiger partial charge in [0.15, 0.2) is 0 Å². The second kappa shape index (κ2) is 9.91. The molecule has 7 nitrogen and oxygen atoms in total. The first kappa shape index (κ1) is 23.9. The molecule has 2 heterocycles. The van der Waals surface area contributed by atoms with Crippen LogP contribution in [0.3, 0.4) is 0 Å². The van der Waals surface area contributed by atoms with Gasteiger partial charge < -0.3 is 9.30 Å². The van der Waals surface area contributed by atoms with E-state index in [-0.39, 0.29) is 13.2 Å². The molecule has 0 amide bonds. The lowest BCUT2D eigenvalue weighted by atomic mass is 10.1. The maximum atomic E-state index is 13.6. The van der Waals surface area contributed by atoms with Crippen LogP contribution in [0.5, 0.6) is 0 Å². The Morgan fingerprint density at radius 3 is 2.41 bits per heavy atom. The molecular formula is C25H23Cl2N3O4. The van der Waals surface area contributed by atoms with Crippen LogP contribution < -0.4 is 11.2 Å². The van der Waals surface area contributed by atoms with Gasteiger partial charge in [-0.3, -0.25) is 18.7 Å². The number of nitrogens with zero attached hydrogens (tertiary/aromatic N) is 3. The third-order valence-corrected chi connectivity index (χ3v) is 6.07. The number of hydrogen-bond donors (Lipinski definition) is 0. The molecule has 0 spiro atoms. The summed E-state index contributed by atoms with van der Waals surface area (Å²) in [6.45, 7) is 1.99. The van der Waals surface area contributed by atoms with Gasteiger partial charge in [0.2, 0.25) is 0 Å². The van der Waals surface area contributed by atoms with E-state index in [2.05, 4.69) is 0 Å². The third kappa shape index (κ3) is 4.81. The fourth-order valence-electron chi connectivity index (χ4n) is 4.01. The molecule has 0 atom stereocenters. The SMILES string of the molecule is CC(=O)OCCCn1c(=O)c2c(c(-c3cccc(Cl)c3)cn2Cc2ccc(Cl)cc2)n(C)c1=O. The van der Waals surface area contributed by atoms with Crippen LogP contribution in [0.25, 0.3) is 22.2 Å². The van der Waals surface area contributed by atoms with Crippen molar-refractivity contribution in [1.29, 1.82) is 0 Å². The summed E-state index contributed by atoms with van der Waals surface area (Å²) in [4.78, 5) is 37.8. The molecule has 2 aromatic heterocycles. The number of benzene rings is 2. The van der Waals surface area contributed by atoms with E-state index in [1.807, 2.05) is 35.0 Å². The van der Waals surface area contributed by atoms with Crippen LogP contribution in [0, 0.1) is 0 Å². The van der Waals surface area contributed by atoms with Gasteiger partial charge in [-0.05, 0) is 41.8 Å². The summed E-state index contributed by atoms with van der Waals surface area (Å²) in [5.41, 5.74) is 2.58. The Morgan fingerprint density at radius 1 is 1.00 bits per heavy atom. The molecule has 0 aliphatic rings. The Labute approximate surface area is 205 Å². The summed E-state index contributed by atoms with van der Waals surface area (Å²) < 4.78 is 9.47. The number of aromatic nitrogens is 3. The van der Waals surface area contributed by atoms with E-state index in [1.54, 1.807) is 31.3 Å². The number of ether oxygens (including phenoxy) is 1. The molecule has 0 saturated carbocycles. The average Bonchev–Trinajstić information content (AvgIpc) is 3.18. The Kier molecular flexibility index (Phi) is 6.95. The lowest BCUT2D eigenvalue weighted by molar-refractivity contribution is -0.141. The predicted molar refractivity (Wildman–Crippen MR) is 134 cm³/mol. The van der Waals surface area contributed by atoms with Crippen LogP contribution in [-0.4, -0.2) is 26.3 Å². The Balaban J connectivity index is 1.90. The van der Waals surface area contributed by atoms with Crippen molar-refractivity contribution in [3.63, 3.8) is 0 Å². The number of aryl methyl sites for hydroxylation is 1. The number of esters is 1. The quantitative estimate of drug-likeness (QED) is 0.277. The monoisotopic (exact) mass is 499 g/mol. The van der Waals surface area contributed by atoms with Gasteiger partial charge in [-0.2, -0.15) is 0 Å². The summed E-state index contributed by atoms with van der Waals surface area (Å²) >= 11 is 12.3. The summed E-state index contributed by atoms with van der Waals surface area (Å²) in [5.74, 6) is -0.404. The van der Waals surface area contributed by atoms with Crippen LogP contribution in [0.1, 0.15) is 18.9 Å². The third-order valence-electron chi connectivity index (χ3n) is 5.59. The van der Waals surface area contributed by atoms with E-state index in [0.29, 0.717) is 34.0 Å². The number of halogens is 2. The van der Waals surface area contributed by atoms with Crippen LogP contribution in [0.2, 0.25) is 10.0 Å². The Morgan fingerprint density at radius 2 is 1.74 bits per heavy atom. The standard InChI is InChI=1S/C25H23Cl2N3O4/c1-16(31)34-12-4-11-30-24(32)23-22(28(2)25(30)33)21(18-5-3-6-20(27)13-18)15-29(23)14-17-7-9-19(26)10-8-17/h3,5-10,13,15H,4,11-12,14H2,1-2H3. The summed E-state index contributed by atoms with van der Waals surface area (Å²) in [6.07, 6.45) is 2.22. The van der Waals surface area contributed by atoms with Crippen LogP contribution in [0.15, 0.2) is 64.3 Å². The van der Waals surface area contributed by atoms with Gasteiger partial charge in [0.25, 0.3) is 5.56 Å². The van der Waals surface area contributed by atoms with Gasteiger partial charge in [0, 0.05) is 48.9 Å². The zero-order chi connectivity index (χ0) is 24.4. The van der Waals surface area contributed by atoms with E-state index in [4.69, 9.17) is 27.9 Å². The van der Waals surface area contributed by atoms with Gasteiger partial charge in [0.05, 0.1) is 12.1 Å². The van der Waals surface area contributed by atoms with Gasteiger partial charge in [-0.1, -0.05) is 47.5 Å². The zero-order valence-corrected chi connectivity index (χ0v) is 20.3. The molecule has 0 N–H and O–H groups in total. The number of rotatable bonds is 7. The molecule has 0 radical (unpaired) electrons. The molecule has 34 heavy (non-hydrogen) atoms. The maximum absolute atomic E-state index is 13.6. The lowest BCUT2D eigenvalue weighted by Crippen LogP contribution is -2.40. The average molecular weight is 500 g/mol. The van der Waals surface area contributed by atoms with Crippen molar-refractivity contribution in [1.82, 2.24) is 13.7 Å². The normalized spacial score (nSPS) is 11.2. The molecule has 0 aliphatic carbocycles. The smallest absolute Gasteiger partial charge is 0.331 e. The second-order valence-electron chi connectivity index (χ2n) is 8.00. The molecule has 176 valence electrons. The van der Waals surface area contributed by atoms with Crippen LogP contribution in [-0.2, 0) is 29.7 Å². The number of hydrogen-bond acceptors (Lipinski definition) is 4. The van der Waals surface area contributed by atoms with E-state index in [1.165, 1.54) is 16.1 Å². The topological polar surface area (TPSA) is 75.2 Å². The fraction of sp³-hybridized carbons (Fsp3) is 0.240. The minimum Gasteiger partial charge on any atom is -0.466 e. The first-order valence-corrected chi connectivity index (χ1v) is 11.5. The lowest BCUT2D eigenvalue weighted by Gasteiger charge is -2.12. The van der Waals surface area contributed by atoms with Gasteiger partial charge in [0.1, 0.15) is 5.52 Å². The molecule has 0 bridgehead atoms. The van der Waals surface area contributed by atoms with E-state index < -0.39 is 17.2 Å². The molecule has 9 heteroatoms. The highest BCUT2D eigenvalue weighted by Crippen LogP contribution is 2.30. The van der Waals surface area contributed by atoms with Gasteiger partial charge in [-0.25, -0.2) is 4.79 Å². The van der Waals surface area contributed by atoms with Crippen molar-refractivity contribution in [3.05, 3.63) is 91.2 Å². The first-order chi connectivity index (χ1) is 16.3. The van der Waals surface area contributed by atoms with E-state index >= 15 is 0 Å². The number of fused-ring (bicyclic) bond motifs is 1. The molecule has 4 rings (SSSR count). The summed E-state index contributed by atoms with van der Waals surface area (Å²) in [6, 6.07) is 14.7. The predicted octanol–water partition coefficient (Wildman–Crippen LogP) is 4.48. The molecule has 0 aliphatic heterocycles. The molecule has 2 aromatic carbocycles. The minimum absolute atomic E-state index is 0.127. The van der Waals surface area contributed by atoms with Crippen molar-refractivity contribution in [2.24, 2.45) is 7.05 Å². The zero-order valence-electron chi connectivity index (χ0n) is 18.8. The second-order valence-corrected chi connectivity index (χ2v) is 8.87. The molecule has 0 saturated heterocycles. The van der Waals surface area contributed by atoms with Crippen molar-refractivity contribution in [2.45, 2.75) is 26.4 Å². The van der Waals surface area contributed by atoms with E-state index in [9.17, 15) is 14.4 Å². The molecule has 0 fully saturated rings. The van der Waals surface area contributed by atoms with E-state index in [0.717, 1.165) is 16.7 Å². The molecular weight excluding hydrogens is 477 g/mol. The molecule has 0 unspecified atom stereocenters. The van der Waals surface area contributed by atoms with Gasteiger partial charge in [-0.15, -0.1) is 0 Å². The minimum atomic E-state index is -0.437. The molecule has 4 aromatic rings. The van der Waals surface area contributed by atoms with Gasteiger partial charge >= 0.3 is 11.7 Å². The highest BCUT2D eigenvalue weighted by molar-refractivity contribution is 6.31. The Hall–Kier alpha value is -3.29. The largest absolute Gasteiger partial charge is 0.466 e. The van der Waals surface area contributed by atoms with Crippen molar-refractivity contribution >= 4 is 40.2 Å². The summed E-state index contributed by atoms with van der Waals surface area (Å²) in [7, 11) is 1.65. The highest BCUT2D eigenvalue weighted by atomic mass is 35.5. The fourth-order valence-corrected chi connectivity index (χ4v) is 4.33. The number of carbonyl (C=O) groups excluding carboxylic acids is 1. The maximum Gasteiger partial charge on any atom is 0.331 e. The highest BCUT2D eigenvalue weighted by Gasteiger charge is 2.20. The number of carbonyl (C=O) groups is 1. The first-order valence-electron chi connectivity index (χ1n) is 10.7. The van der Waals surface area contributed by atoms with Crippen LogP contribution in [0.4, 0.5) is 0 Å².